The Balaban J connectivity index is 2.09. The summed E-state index contributed by atoms with van der Waals surface area (Å²) in [7, 11) is 1.85. The molecule has 0 bridgehead atoms. The molecule has 1 saturated carbocycles. The highest BCUT2D eigenvalue weighted by molar-refractivity contribution is 7.98. The summed E-state index contributed by atoms with van der Waals surface area (Å²) in [5.41, 5.74) is 4.60. The molecule has 0 amide bonds. The van der Waals surface area contributed by atoms with Gasteiger partial charge in [-0.1, -0.05) is 48.9 Å². The van der Waals surface area contributed by atoms with Crippen LogP contribution in [-0.4, -0.2) is 15.8 Å². The maximum atomic E-state index is 13.1. The van der Waals surface area contributed by atoms with Gasteiger partial charge >= 0.3 is 0 Å². The van der Waals surface area contributed by atoms with E-state index in [-0.39, 0.29) is 11.0 Å². The molecule has 1 fully saturated rings. The number of benzene rings is 1. The molecule has 0 atom stereocenters. The van der Waals surface area contributed by atoms with Crippen LogP contribution in [0.2, 0.25) is 0 Å². The van der Waals surface area contributed by atoms with E-state index in [1.807, 2.05) is 19.4 Å². The van der Waals surface area contributed by atoms with Crippen molar-refractivity contribution in [3.63, 3.8) is 0 Å². The second kappa shape index (κ2) is 4.98. The van der Waals surface area contributed by atoms with Crippen molar-refractivity contribution in [3.8, 4) is 11.3 Å². The number of thioether (sulfide) groups is 1. The molecule has 4 heteroatoms. The Morgan fingerprint density at radius 1 is 1.23 bits per heavy atom. The van der Waals surface area contributed by atoms with E-state index >= 15 is 0 Å². The van der Waals surface area contributed by atoms with Gasteiger partial charge in [-0.3, -0.25) is 9.36 Å². The van der Waals surface area contributed by atoms with Crippen LogP contribution >= 0.6 is 11.8 Å². The zero-order valence-electron chi connectivity index (χ0n) is 13.1. The molecule has 0 unspecified atom stereocenters. The van der Waals surface area contributed by atoms with Crippen molar-refractivity contribution in [1.82, 2.24) is 9.55 Å². The topological polar surface area (TPSA) is 34.9 Å². The lowest BCUT2D eigenvalue weighted by molar-refractivity contribution is 0.419. The first-order valence-corrected chi connectivity index (χ1v) is 9.12. The summed E-state index contributed by atoms with van der Waals surface area (Å²) in [4.78, 5) is 18.0. The zero-order chi connectivity index (χ0) is 15.3. The van der Waals surface area contributed by atoms with Gasteiger partial charge in [-0.05, 0) is 31.1 Å². The van der Waals surface area contributed by atoms with E-state index in [4.69, 9.17) is 4.98 Å². The van der Waals surface area contributed by atoms with E-state index in [0.717, 1.165) is 41.2 Å². The van der Waals surface area contributed by atoms with Crippen LogP contribution in [0.25, 0.3) is 11.3 Å². The Morgan fingerprint density at radius 2 is 1.95 bits per heavy atom. The number of fused-ring (bicyclic) bond motifs is 4. The van der Waals surface area contributed by atoms with Gasteiger partial charge in [0.2, 0.25) is 0 Å². The van der Waals surface area contributed by atoms with E-state index in [1.54, 1.807) is 4.57 Å². The van der Waals surface area contributed by atoms with Crippen LogP contribution < -0.4 is 5.56 Å². The number of aromatic nitrogens is 2. The van der Waals surface area contributed by atoms with Crippen molar-refractivity contribution in [2.45, 2.75) is 42.7 Å². The standard InChI is InChI=1S/C18H20N2OS/c1-20-16(21)14-15(19-17(20)22-2)13-8-4-3-7-12(13)11-18(14)9-5-6-10-18/h3-4,7-8H,5-6,9-11H2,1-2H3. The number of hydrogen-bond donors (Lipinski definition) is 0. The van der Waals surface area contributed by atoms with Gasteiger partial charge in [0, 0.05) is 18.0 Å². The molecule has 2 aromatic rings. The van der Waals surface area contributed by atoms with Crippen molar-refractivity contribution >= 4 is 11.8 Å². The molecule has 22 heavy (non-hydrogen) atoms. The highest BCUT2D eigenvalue weighted by atomic mass is 32.2. The minimum atomic E-state index is 0.0163. The predicted octanol–water partition coefficient (Wildman–Crippen LogP) is 3.54. The van der Waals surface area contributed by atoms with Crippen molar-refractivity contribution in [3.05, 3.63) is 45.7 Å². The minimum Gasteiger partial charge on any atom is -0.290 e. The highest BCUT2D eigenvalue weighted by Gasteiger charge is 2.44. The van der Waals surface area contributed by atoms with Gasteiger partial charge in [-0.15, -0.1) is 0 Å². The number of rotatable bonds is 1. The number of hydrogen-bond acceptors (Lipinski definition) is 3. The van der Waals surface area contributed by atoms with Crippen molar-refractivity contribution in [2.75, 3.05) is 6.26 Å². The molecule has 0 N–H and O–H groups in total. The van der Waals surface area contributed by atoms with Gasteiger partial charge in [-0.2, -0.15) is 0 Å². The van der Waals surface area contributed by atoms with Crippen molar-refractivity contribution < 1.29 is 0 Å². The lowest BCUT2D eigenvalue weighted by atomic mass is 9.68. The molecule has 0 saturated heterocycles. The third-order valence-corrected chi connectivity index (χ3v) is 6.05. The van der Waals surface area contributed by atoms with Crippen molar-refractivity contribution in [1.29, 1.82) is 0 Å². The maximum absolute atomic E-state index is 13.1. The minimum absolute atomic E-state index is 0.0163. The first-order valence-electron chi connectivity index (χ1n) is 7.90. The van der Waals surface area contributed by atoms with E-state index in [9.17, 15) is 4.79 Å². The van der Waals surface area contributed by atoms with Crippen LogP contribution in [0.15, 0.2) is 34.2 Å². The monoisotopic (exact) mass is 312 g/mol. The Kier molecular flexibility index (Phi) is 3.19. The zero-order valence-corrected chi connectivity index (χ0v) is 13.9. The maximum Gasteiger partial charge on any atom is 0.258 e. The second-order valence-electron chi connectivity index (χ2n) is 6.51. The molecule has 3 nitrogen and oxygen atoms in total. The number of nitrogens with zero attached hydrogens (tertiary/aromatic N) is 2. The van der Waals surface area contributed by atoms with Gasteiger partial charge in [-0.25, -0.2) is 4.98 Å². The van der Waals surface area contributed by atoms with Gasteiger partial charge < -0.3 is 0 Å². The van der Waals surface area contributed by atoms with Crippen molar-refractivity contribution in [2.24, 2.45) is 7.05 Å². The second-order valence-corrected chi connectivity index (χ2v) is 7.28. The Hall–Kier alpha value is -1.55. The fourth-order valence-corrected chi connectivity index (χ4v) is 4.81. The Bertz CT molecular complexity index is 803. The average Bonchev–Trinajstić information content (AvgIpc) is 2.99. The predicted molar refractivity (Wildman–Crippen MR) is 90.5 cm³/mol. The summed E-state index contributed by atoms with van der Waals surface area (Å²) < 4.78 is 1.73. The summed E-state index contributed by atoms with van der Waals surface area (Å²) in [5.74, 6) is 0. The fraction of sp³-hybridized carbons (Fsp3) is 0.444. The van der Waals surface area contributed by atoms with E-state index in [1.165, 1.54) is 30.2 Å². The molecule has 2 aliphatic rings. The Morgan fingerprint density at radius 3 is 2.68 bits per heavy atom. The highest BCUT2D eigenvalue weighted by Crippen LogP contribution is 2.49. The molecule has 0 aliphatic heterocycles. The van der Waals surface area contributed by atoms with Crippen LogP contribution in [0.3, 0.4) is 0 Å². The molecule has 1 spiro atoms. The lowest BCUT2D eigenvalue weighted by Gasteiger charge is -2.36. The third-order valence-electron chi connectivity index (χ3n) is 5.32. The molecular formula is C18H20N2OS. The summed E-state index contributed by atoms with van der Waals surface area (Å²) in [6, 6.07) is 8.47. The molecular weight excluding hydrogens is 292 g/mol. The van der Waals surface area contributed by atoms with Gasteiger partial charge in [0.25, 0.3) is 5.56 Å². The smallest absolute Gasteiger partial charge is 0.258 e. The molecule has 114 valence electrons. The van der Waals surface area contributed by atoms with Gasteiger partial charge in [0.05, 0.1) is 11.3 Å². The SMILES string of the molecule is CSc1nc2c(c(=O)n1C)C1(CCCC1)Cc1ccccc1-2. The first kappa shape index (κ1) is 14.1. The van der Waals surface area contributed by atoms with Crippen LogP contribution in [-0.2, 0) is 18.9 Å². The van der Waals surface area contributed by atoms with Gasteiger partial charge in [0.1, 0.15) is 0 Å². The van der Waals surface area contributed by atoms with Crippen LogP contribution in [0, 0.1) is 0 Å². The Labute approximate surface area is 134 Å². The summed E-state index contributed by atoms with van der Waals surface area (Å²) >= 11 is 1.54. The summed E-state index contributed by atoms with van der Waals surface area (Å²) in [6.07, 6.45) is 7.64. The van der Waals surface area contributed by atoms with Crippen LogP contribution in [0.4, 0.5) is 0 Å². The lowest BCUT2D eigenvalue weighted by Crippen LogP contribution is -2.39. The van der Waals surface area contributed by atoms with Crippen LogP contribution in [0.1, 0.15) is 36.8 Å². The normalized spacial score (nSPS) is 18.3. The van der Waals surface area contributed by atoms with Crippen LogP contribution in [0.5, 0.6) is 0 Å². The quantitative estimate of drug-likeness (QED) is 0.597. The first-order chi connectivity index (χ1) is 10.7. The van der Waals surface area contributed by atoms with E-state index in [2.05, 4.69) is 18.2 Å². The summed E-state index contributed by atoms with van der Waals surface area (Å²) in [6.45, 7) is 0. The van der Waals surface area contributed by atoms with Gasteiger partial charge in [0.15, 0.2) is 5.16 Å². The average molecular weight is 312 g/mol. The molecule has 0 radical (unpaired) electrons. The third kappa shape index (κ3) is 1.83. The summed E-state index contributed by atoms with van der Waals surface area (Å²) in [5, 5.41) is 0.800. The largest absolute Gasteiger partial charge is 0.290 e. The molecule has 1 heterocycles. The van der Waals surface area contributed by atoms with E-state index in [0.29, 0.717) is 0 Å². The molecule has 1 aromatic carbocycles. The molecule has 4 rings (SSSR count). The molecule has 1 aromatic heterocycles. The van der Waals surface area contributed by atoms with E-state index < -0.39 is 0 Å². The fourth-order valence-electron chi connectivity index (χ4n) is 4.27. The molecule has 2 aliphatic carbocycles.